The molecule has 0 aromatic heterocycles. The smallest absolute Gasteiger partial charge is 0.263 e. The molecule has 1 saturated heterocycles. The molecule has 0 saturated carbocycles. The normalized spacial score (nSPS) is 19.4. The number of piperidine rings is 1. The Morgan fingerprint density at radius 1 is 1.36 bits per heavy atom. The first-order valence-corrected chi connectivity index (χ1v) is 7.67. The predicted octanol–water partition coefficient (Wildman–Crippen LogP) is 1.91. The highest BCUT2D eigenvalue weighted by Gasteiger charge is 2.25. The first-order chi connectivity index (χ1) is 10.6. The van der Waals surface area contributed by atoms with Crippen molar-refractivity contribution in [2.75, 3.05) is 26.2 Å². The van der Waals surface area contributed by atoms with Gasteiger partial charge < -0.3 is 11.1 Å². The molecular weight excluding hydrogens is 288 g/mol. The minimum absolute atomic E-state index is 0.0133. The molecule has 0 aliphatic carbocycles. The molecule has 4 nitrogen and oxygen atoms in total. The van der Waals surface area contributed by atoms with Crippen LogP contribution in [0.4, 0.5) is 8.78 Å². The molecule has 122 valence electrons. The first kappa shape index (κ1) is 16.8. The van der Waals surface area contributed by atoms with Crippen molar-refractivity contribution in [3.63, 3.8) is 0 Å². The summed E-state index contributed by atoms with van der Waals surface area (Å²) in [5, 5.41) is 2.83. The third kappa shape index (κ3) is 4.74. The molecule has 2 rings (SSSR count). The van der Waals surface area contributed by atoms with E-state index in [0.29, 0.717) is 26.2 Å². The predicted molar refractivity (Wildman–Crippen MR) is 81.5 cm³/mol. The molecule has 0 bridgehead atoms. The maximum absolute atomic E-state index is 12.5. The molecule has 0 radical (unpaired) electrons. The van der Waals surface area contributed by atoms with Crippen LogP contribution in [0.5, 0.6) is 0 Å². The van der Waals surface area contributed by atoms with Crippen LogP contribution in [0.1, 0.15) is 30.4 Å². The van der Waals surface area contributed by atoms with E-state index in [0.717, 1.165) is 24.9 Å². The number of nitrogens with two attached hydrogens (primary N) is 1. The Morgan fingerprint density at radius 2 is 2.09 bits per heavy atom. The first-order valence-electron chi connectivity index (χ1n) is 7.67. The summed E-state index contributed by atoms with van der Waals surface area (Å²) in [7, 11) is 0. The van der Waals surface area contributed by atoms with Crippen molar-refractivity contribution in [2.45, 2.75) is 25.8 Å². The zero-order chi connectivity index (χ0) is 15.9. The van der Waals surface area contributed by atoms with Gasteiger partial charge in [-0.1, -0.05) is 24.3 Å². The summed E-state index contributed by atoms with van der Waals surface area (Å²) < 4.78 is 25.1. The van der Waals surface area contributed by atoms with E-state index >= 15 is 0 Å². The number of hydrogen-bond acceptors (Lipinski definition) is 3. The van der Waals surface area contributed by atoms with Gasteiger partial charge in [-0.15, -0.1) is 0 Å². The lowest BCUT2D eigenvalue weighted by Crippen LogP contribution is -2.43. The average Bonchev–Trinajstić information content (AvgIpc) is 2.53. The largest absolute Gasteiger partial charge is 0.355 e. The van der Waals surface area contributed by atoms with E-state index in [1.165, 1.54) is 12.1 Å². The van der Waals surface area contributed by atoms with Crippen molar-refractivity contribution in [1.29, 1.82) is 0 Å². The molecule has 1 aromatic rings. The van der Waals surface area contributed by atoms with Crippen LogP contribution in [0.15, 0.2) is 24.3 Å². The number of benzene rings is 1. The van der Waals surface area contributed by atoms with Crippen LogP contribution in [0, 0.1) is 5.92 Å². The van der Waals surface area contributed by atoms with E-state index in [2.05, 4.69) is 10.2 Å². The minimum Gasteiger partial charge on any atom is -0.355 e. The van der Waals surface area contributed by atoms with Gasteiger partial charge in [-0.3, -0.25) is 9.69 Å². The molecule has 3 N–H and O–H groups in total. The van der Waals surface area contributed by atoms with E-state index in [1.807, 2.05) is 0 Å². The SMILES string of the molecule is NCCNC(=O)C1CCCN(Cc2ccc(C(F)F)cc2)C1. The fraction of sp³-hybridized carbons (Fsp3) is 0.562. The lowest BCUT2D eigenvalue weighted by atomic mass is 9.96. The molecule has 1 unspecified atom stereocenters. The molecule has 6 heteroatoms. The Kier molecular flexibility index (Phi) is 6.27. The molecule has 0 spiro atoms. The molecule has 1 amide bonds. The van der Waals surface area contributed by atoms with Crippen LogP contribution < -0.4 is 11.1 Å². The number of nitrogens with one attached hydrogen (secondary N) is 1. The molecule has 1 aliphatic heterocycles. The maximum atomic E-state index is 12.5. The van der Waals surface area contributed by atoms with Crippen molar-refractivity contribution in [3.8, 4) is 0 Å². The zero-order valence-corrected chi connectivity index (χ0v) is 12.6. The van der Waals surface area contributed by atoms with E-state index in [9.17, 15) is 13.6 Å². The third-order valence-electron chi connectivity index (χ3n) is 3.96. The third-order valence-corrected chi connectivity index (χ3v) is 3.96. The molecular formula is C16H23F2N3O. The van der Waals surface area contributed by atoms with Gasteiger partial charge in [0.15, 0.2) is 0 Å². The van der Waals surface area contributed by atoms with Gasteiger partial charge >= 0.3 is 0 Å². The number of likely N-dealkylation sites (tertiary alicyclic amines) is 1. The number of nitrogens with zero attached hydrogens (tertiary/aromatic N) is 1. The van der Waals surface area contributed by atoms with E-state index < -0.39 is 6.43 Å². The molecule has 1 heterocycles. The average molecular weight is 311 g/mol. The maximum Gasteiger partial charge on any atom is 0.263 e. The van der Waals surface area contributed by atoms with Gasteiger partial charge in [-0.05, 0) is 24.9 Å². The number of alkyl halides is 2. The summed E-state index contributed by atoms with van der Waals surface area (Å²) in [5.74, 6) is 0.0452. The minimum atomic E-state index is -2.43. The van der Waals surface area contributed by atoms with Crippen LogP contribution in [0.2, 0.25) is 0 Å². The van der Waals surface area contributed by atoms with Crippen LogP contribution in [0.25, 0.3) is 0 Å². The lowest BCUT2D eigenvalue weighted by molar-refractivity contribution is -0.126. The van der Waals surface area contributed by atoms with E-state index in [-0.39, 0.29) is 17.4 Å². The number of rotatable bonds is 6. The fourth-order valence-electron chi connectivity index (χ4n) is 2.78. The summed E-state index contributed by atoms with van der Waals surface area (Å²) >= 11 is 0. The molecule has 1 fully saturated rings. The van der Waals surface area contributed by atoms with Gasteiger partial charge in [0.25, 0.3) is 6.43 Å². The number of halogens is 2. The van der Waals surface area contributed by atoms with Crippen LogP contribution in [0.3, 0.4) is 0 Å². The number of carbonyl (C=O) groups is 1. The topological polar surface area (TPSA) is 58.4 Å². The molecule has 22 heavy (non-hydrogen) atoms. The number of amides is 1. The van der Waals surface area contributed by atoms with Gasteiger partial charge in [0, 0.05) is 31.7 Å². The van der Waals surface area contributed by atoms with Gasteiger partial charge in [-0.2, -0.15) is 0 Å². The summed E-state index contributed by atoms with van der Waals surface area (Å²) in [5.41, 5.74) is 6.43. The van der Waals surface area contributed by atoms with Gasteiger partial charge in [0.1, 0.15) is 0 Å². The van der Waals surface area contributed by atoms with Crippen molar-refractivity contribution in [1.82, 2.24) is 10.2 Å². The van der Waals surface area contributed by atoms with Gasteiger partial charge in [-0.25, -0.2) is 8.78 Å². The Bertz CT molecular complexity index is 479. The fourth-order valence-corrected chi connectivity index (χ4v) is 2.78. The highest BCUT2D eigenvalue weighted by atomic mass is 19.3. The van der Waals surface area contributed by atoms with Gasteiger partial charge in [0.2, 0.25) is 5.91 Å². The second-order valence-corrected chi connectivity index (χ2v) is 5.70. The Morgan fingerprint density at radius 3 is 2.73 bits per heavy atom. The second-order valence-electron chi connectivity index (χ2n) is 5.70. The standard InChI is InChI=1S/C16H23F2N3O/c17-15(18)13-5-3-12(4-6-13)10-21-9-1-2-14(11-21)16(22)20-8-7-19/h3-6,14-15H,1-2,7-11,19H2,(H,20,22). The van der Waals surface area contributed by atoms with Crippen LogP contribution >= 0.6 is 0 Å². The monoisotopic (exact) mass is 311 g/mol. The van der Waals surface area contributed by atoms with Crippen molar-refractivity contribution in [3.05, 3.63) is 35.4 Å². The van der Waals surface area contributed by atoms with Gasteiger partial charge in [0.05, 0.1) is 5.92 Å². The Balaban J connectivity index is 1.88. The second kappa shape index (κ2) is 8.19. The van der Waals surface area contributed by atoms with Crippen molar-refractivity contribution < 1.29 is 13.6 Å². The highest BCUT2D eigenvalue weighted by molar-refractivity contribution is 5.78. The van der Waals surface area contributed by atoms with Crippen molar-refractivity contribution >= 4 is 5.91 Å². The lowest BCUT2D eigenvalue weighted by Gasteiger charge is -2.32. The molecule has 1 atom stereocenters. The number of carbonyl (C=O) groups excluding carboxylic acids is 1. The summed E-state index contributed by atoms with van der Waals surface area (Å²) in [6, 6.07) is 6.41. The Hall–Kier alpha value is -1.53. The summed E-state index contributed by atoms with van der Waals surface area (Å²) in [4.78, 5) is 14.2. The van der Waals surface area contributed by atoms with Crippen LogP contribution in [-0.4, -0.2) is 37.0 Å². The molecule has 1 aromatic carbocycles. The Labute approximate surface area is 129 Å². The van der Waals surface area contributed by atoms with Crippen molar-refractivity contribution in [2.24, 2.45) is 11.7 Å². The van der Waals surface area contributed by atoms with Crippen LogP contribution in [-0.2, 0) is 11.3 Å². The van der Waals surface area contributed by atoms with E-state index in [1.54, 1.807) is 12.1 Å². The number of hydrogen-bond donors (Lipinski definition) is 2. The molecule has 1 aliphatic rings. The summed E-state index contributed by atoms with van der Waals surface area (Å²) in [6.45, 7) is 3.26. The summed E-state index contributed by atoms with van der Waals surface area (Å²) in [6.07, 6.45) is -0.577. The zero-order valence-electron chi connectivity index (χ0n) is 12.6. The highest BCUT2D eigenvalue weighted by Crippen LogP contribution is 2.21. The quantitative estimate of drug-likeness (QED) is 0.844. The van der Waals surface area contributed by atoms with E-state index in [4.69, 9.17) is 5.73 Å².